The summed E-state index contributed by atoms with van der Waals surface area (Å²) in [5, 5.41) is 7.89. The first-order valence-corrected chi connectivity index (χ1v) is 8.22. The summed E-state index contributed by atoms with van der Waals surface area (Å²) in [5.41, 5.74) is 1.10. The molecule has 2 aromatic rings. The molecule has 1 saturated heterocycles. The predicted octanol–water partition coefficient (Wildman–Crippen LogP) is 0.951. The Bertz CT molecular complexity index is 710. The smallest absolute Gasteiger partial charge is 0.220 e. The second-order valence-electron chi connectivity index (χ2n) is 5.09. The maximum absolute atomic E-state index is 12.5. The van der Waals surface area contributed by atoms with Gasteiger partial charge in [0, 0.05) is 31.1 Å². The van der Waals surface area contributed by atoms with Crippen LogP contribution in [0.1, 0.15) is 12.6 Å². The van der Waals surface area contributed by atoms with Crippen LogP contribution in [0.2, 0.25) is 0 Å². The maximum Gasteiger partial charge on any atom is 0.220 e. The Morgan fingerprint density at radius 2 is 2.25 bits per heavy atom. The van der Waals surface area contributed by atoms with Gasteiger partial charge in [0.15, 0.2) is 5.58 Å². The number of sulfonamides is 1. The van der Waals surface area contributed by atoms with E-state index in [-0.39, 0.29) is 11.8 Å². The van der Waals surface area contributed by atoms with Crippen LogP contribution in [0.3, 0.4) is 0 Å². The third kappa shape index (κ3) is 2.56. The molecule has 7 heteroatoms. The van der Waals surface area contributed by atoms with Gasteiger partial charge in [-0.2, -0.15) is 4.31 Å². The highest BCUT2D eigenvalue weighted by molar-refractivity contribution is 7.88. The minimum absolute atomic E-state index is 0.114. The molecule has 0 bridgehead atoms. The van der Waals surface area contributed by atoms with E-state index in [2.05, 4.69) is 10.5 Å². The van der Waals surface area contributed by atoms with E-state index in [0.717, 1.165) is 5.39 Å². The van der Waals surface area contributed by atoms with Crippen LogP contribution >= 0.6 is 0 Å². The van der Waals surface area contributed by atoms with Crippen molar-refractivity contribution >= 4 is 21.0 Å². The van der Waals surface area contributed by atoms with E-state index in [1.165, 1.54) is 4.31 Å². The SMILES string of the molecule is CC1CN(S(=O)(=O)Cc2noc3ccccc23)CCN1. The molecular formula is C13H17N3O3S. The highest BCUT2D eigenvalue weighted by Crippen LogP contribution is 2.21. The fourth-order valence-corrected chi connectivity index (χ4v) is 4.01. The first-order chi connectivity index (χ1) is 9.56. The van der Waals surface area contributed by atoms with Gasteiger partial charge in [-0.25, -0.2) is 8.42 Å². The Balaban J connectivity index is 1.86. The number of benzene rings is 1. The lowest BCUT2D eigenvalue weighted by Crippen LogP contribution is -2.51. The average molecular weight is 295 g/mol. The van der Waals surface area contributed by atoms with E-state index in [1.807, 2.05) is 25.1 Å². The van der Waals surface area contributed by atoms with E-state index in [1.54, 1.807) is 6.07 Å². The molecule has 0 aliphatic carbocycles. The number of fused-ring (bicyclic) bond motifs is 1. The zero-order valence-electron chi connectivity index (χ0n) is 11.2. The summed E-state index contributed by atoms with van der Waals surface area (Å²) in [4.78, 5) is 0. The number of piperazine rings is 1. The van der Waals surface area contributed by atoms with Crippen molar-refractivity contribution in [1.82, 2.24) is 14.8 Å². The first kappa shape index (κ1) is 13.5. The molecule has 1 fully saturated rings. The Kier molecular flexibility index (Phi) is 3.49. The number of hydrogen-bond acceptors (Lipinski definition) is 5. The van der Waals surface area contributed by atoms with Crippen LogP contribution in [0.15, 0.2) is 28.8 Å². The van der Waals surface area contributed by atoms with Crippen LogP contribution in [-0.2, 0) is 15.8 Å². The molecule has 1 aromatic heterocycles. The number of hydrogen-bond donors (Lipinski definition) is 1. The van der Waals surface area contributed by atoms with Gasteiger partial charge in [0.2, 0.25) is 10.0 Å². The van der Waals surface area contributed by atoms with Crippen molar-refractivity contribution in [2.75, 3.05) is 19.6 Å². The van der Waals surface area contributed by atoms with E-state index < -0.39 is 10.0 Å². The van der Waals surface area contributed by atoms with Crippen molar-refractivity contribution in [2.45, 2.75) is 18.7 Å². The van der Waals surface area contributed by atoms with E-state index in [0.29, 0.717) is 30.9 Å². The molecule has 6 nitrogen and oxygen atoms in total. The van der Waals surface area contributed by atoms with Crippen molar-refractivity contribution in [3.8, 4) is 0 Å². The van der Waals surface area contributed by atoms with E-state index in [4.69, 9.17) is 4.52 Å². The van der Waals surface area contributed by atoms with Crippen molar-refractivity contribution in [3.05, 3.63) is 30.0 Å². The summed E-state index contributed by atoms with van der Waals surface area (Å²) in [6.07, 6.45) is 0. The first-order valence-electron chi connectivity index (χ1n) is 6.61. The van der Waals surface area contributed by atoms with Crippen molar-refractivity contribution < 1.29 is 12.9 Å². The van der Waals surface area contributed by atoms with Crippen LogP contribution < -0.4 is 5.32 Å². The lowest BCUT2D eigenvalue weighted by Gasteiger charge is -2.30. The normalized spacial score (nSPS) is 21.4. The van der Waals surface area contributed by atoms with Gasteiger partial charge in [0.1, 0.15) is 11.4 Å². The summed E-state index contributed by atoms with van der Waals surface area (Å²) in [6.45, 7) is 3.66. The highest BCUT2D eigenvalue weighted by atomic mass is 32.2. The maximum atomic E-state index is 12.5. The number of para-hydroxylation sites is 1. The lowest BCUT2D eigenvalue weighted by atomic mass is 10.2. The molecule has 1 aromatic carbocycles. The number of aromatic nitrogens is 1. The van der Waals surface area contributed by atoms with Crippen molar-refractivity contribution in [1.29, 1.82) is 0 Å². The van der Waals surface area contributed by atoms with Crippen LogP contribution in [0.25, 0.3) is 11.0 Å². The molecule has 0 amide bonds. The summed E-state index contributed by atoms with van der Waals surface area (Å²) < 4.78 is 31.6. The van der Waals surface area contributed by atoms with Crippen LogP contribution in [0.4, 0.5) is 0 Å². The molecule has 1 aliphatic rings. The number of rotatable bonds is 3. The largest absolute Gasteiger partial charge is 0.356 e. The quantitative estimate of drug-likeness (QED) is 0.912. The standard InChI is InChI=1S/C13H17N3O3S/c1-10-8-16(7-6-14-10)20(17,18)9-12-11-4-2-3-5-13(11)19-15-12/h2-5,10,14H,6-9H2,1H3. The van der Waals surface area contributed by atoms with Gasteiger partial charge in [0.25, 0.3) is 0 Å². The monoisotopic (exact) mass is 295 g/mol. The molecule has 20 heavy (non-hydrogen) atoms. The van der Waals surface area contributed by atoms with Crippen LogP contribution in [0, 0.1) is 0 Å². The molecule has 1 unspecified atom stereocenters. The van der Waals surface area contributed by atoms with Gasteiger partial charge in [-0.1, -0.05) is 17.3 Å². The highest BCUT2D eigenvalue weighted by Gasteiger charge is 2.28. The fourth-order valence-electron chi connectivity index (χ4n) is 2.46. The molecule has 0 saturated carbocycles. The Labute approximate surface area is 117 Å². The lowest BCUT2D eigenvalue weighted by molar-refractivity contribution is 0.309. The van der Waals surface area contributed by atoms with Crippen molar-refractivity contribution in [2.24, 2.45) is 0 Å². The van der Waals surface area contributed by atoms with Crippen LogP contribution in [0.5, 0.6) is 0 Å². The van der Waals surface area contributed by atoms with Crippen LogP contribution in [-0.4, -0.2) is 43.6 Å². The zero-order chi connectivity index (χ0) is 14.2. The third-order valence-corrected chi connectivity index (χ3v) is 5.25. The molecule has 1 N–H and O–H groups in total. The number of nitrogens with one attached hydrogen (secondary N) is 1. The topological polar surface area (TPSA) is 75.4 Å². The molecule has 1 aliphatic heterocycles. The molecule has 2 heterocycles. The molecule has 108 valence electrons. The molecule has 1 atom stereocenters. The minimum Gasteiger partial charge on any atom is -0.356 e. The Hall–Kier alpha value is -1.44. The van der Waals surface area contributed by atoms with E-state index >= 15 is 0 Å². The summed E-state index contributed by atoms with van der Waals surface area (Å²) >= 11 is 0. The minimum atomic E-state index is -3.36. The van der Waals surface area contributed by atoms with Gasteiger partial charge in [-0.3, -0.25) is 0 Å². The zero-order valence-corrected chi connectivity index (χ0v) is 12.1. The van der Waals surface area contributed by atoms with Gasteiger partial charge < -0.3 is 9.84 Å². The van der Waals surface area contributed by atoms with E-state index in [9.17, 15) is 8.42 Å². The van der Waals surface area contributed by atoms with Gasteiger partial charge in [-0.05, 0) is 19.1 Å². The summed E-state index contributed by atoms with van der Waals surface area (Å²) in [7, 11) is -3.36. The van der Waals surface area contributed by atoms with Crippen molar-refractivity contribution in [3.63, 3.8) is 0 Å². The Morgan fingerprint density at radius 3 is 3.05 bits per heavy atom. The second-order valence-corrected chi connectivity index (χ2v) is 7.06. The van der Waals surface area contributed by atoms with Gasteiger partial charge >= 0.3 is 0 Å². The average Bonchev–Trinajstić information content (AvgIpc) is 2.82. The predicted molar refractivity (Wildman–Crippen MR) is 75.7 cm³/mol. The molecular weight excluding hydrogens is 278 g/mol. The summed E-state index contributed by atoms with van der Waals surface area (Å²) in [5.74, 6) is -0.114. The van der Waals surface area contributed by atoms with Gasteiger partial charge in [-0.15, -0.1) is 0 Å². The molecule has 0 spiro atoms. The second kappa shape index (κ2) is 5.16. The molecule has 3 rings (SSSR count). The third-order valence-electron chi connectivity index (χ3n) is 3.50. The van der Waals surface area contributed by atoms with Gasteiger partial charge in [0.05, 0.1) is 0 Å². The Morgan fingerprint density at radius 1 is 1.45 bits per heavy atom. The number of nitrogens with zero attached hydrogens (tertiary/aromatic N) is 2. The molecule has 0 radical (unpaired) electrons. The fraction of sp³-hybridized carbons (Fsp3) is 0.462. The summed E-state index contributed by atoms with van der Waals surface area (Å²) in [6, 6.07) is 7.47.